The lowest BCUT2D eigenvalue weighted by Crippen LogP contribution is -2.29. The molecule has 0 fully saturated rings. The Morgan fingerprint density at radius 2 is 1.57 bits per heavy atom. The van der Waals surface area contributed by atoms with Crippen molar-refractivity contribution in [3.05, 3.63) is 58.3 Å². The molecule has 2 radical (unpaired) electrons. The van der Waals surface area contributed by atoms with Gasteiger partial charge in [0.05, 0.1) is 19.1 Å². The number of carbonyl (C=O) groups excluding carboxylic acids is 1. The van der Waals surface area contributed by atoms with Crippen LogP contribution in [-0.2, 0) is 14.3 Å². The predicted molar refractivity (Wildman–Crippen MR) is 152 cm³/mol. The zero-order valence-corrected chi connectivity index (χ0v) is 22.6. The van der Waals surface area contributed by atoms with Crippen molar-refractivity contribution in [3.63, 3.8) is 0 Å². The Kier molecular flexibility index (Phi) is 6.80. The molecule has 1 aliphatic rings. The summed E-state index contributed by atoms with van der Waals surface area (Å²) < 4.78 is 11.5. The Morgan fingerprint density at radius 1 is 0.919 bits per heavy atom. The highest BCUT2D eigenvalue weighted by atomic mass is 16.6. The summed E-state index contributed by atoms with van der Waals surface area (Å²) in [7, 11) is 6.54. The third-order valence-electron chi connectivity index (χ3n) is 7.47. The molecule has 4 aromatic carbocycles. The summed E-state index contributed by atoms with van der Waals surface area (Å²) in [5.74, 6) is 0.0301. The second-order valence-corrected chi connectivity index (χ2v) is 11.4. The van der Waals surface area contributed by atoms with Crippen molar-refractivity contribution in [2.24, 2.45) is 17.8 Å². The third-order valence-corrected chi connectivity index (χ3v) is 7.47. The molecule has 0 saturated carbocycles. The smallest absolute Gasteiger partial charge is 0.314 e. The molecular formula is C32H35BO4. The molecule has 0 bridgehead atoms. The number of aryl methyl sites for hydroxylation is 1. The van der Waals surface area contributed by atoms with Crippen LogP contribution in [0.4, 0.5) is 0 Å². The Labute approximate surface area is 220 Å². The number of hydrogen-bond acceptors (Lipinski definition) is 4. The van der Waals surface area contributed by atoms with Gasteiger partial charge in [0.2, 0.25) is 0 Å². The fourth-order valence-corrected chi connectivity index (χ4v) is 5.82. The van der Waals surface area contributed by atoms with E-state index in [0.717, 1.165) is 48.7 Å². The number of esters is 1. The minimum Gasteiger partial charge on any atom is -0.465 e. The van der Waals surface area contributed by atoms with Crippen LogP contribution in [0.1, 0.15) is 63.5 Å². The number of fused-ring (bicyclic) bond motifs is 2. The lowest BCUT2D eigenvalue weighted by atomic mass is 9.74. The average Bonchev–Trinajstić information content (AvgIpc) is 2.85. The van der Waals surface area contributed by atoms with Crippen molar-refractivity contribution >= 4 is 57.7 Å². The van der Waals surface area contributed by atoms with Crippen molar-refractivity contribution in [2.75, 3.05) is 13.2 Å². The lowest BCUT2D eigenvalue weighted by molar-refractivity contribution is -0.147. The van der Waals surface area contributed by atoms with E-state index in [2.05, 4.69) is 58.0 Å². The van der Waals surface area contributed by atoms with Crippen molar-refractivity contribution < 1.29 is 19.4 Å². The van der Waals surface area contributed by atoms with Crippen LogP contribution in [0.25, 0.3) is 38.4 Å². The van der Waals surface area contributed by atoms with Gasteiger partial charge in [-0.25, -0.2) is 0 Å². The molecule has 0 saturated heterocycles. The number of hydrogen-bond donors (Lipinski definition) is 1. The van der Waals surface area contributed by atoms with Crippen LogP contribution in [0.3, 0.4) is 0 Å². The van der Waals surface area contributed by atoms with E-state index in [1.54, 1.807) is 0 Å². The minimum atomic E-state index is -1.07. The first-order valence-electron chi connectivity index (χ1n) is 13.3. The Morgan fingerprint density at radius 3 is 2.27 bits per heavy atom. The fraction of sp³-hybridized carbons (Fsp3) is 0.406. The summed E-state index contributed by atoms with van der Waals surface area (Å²) in [5, 5.41) is 18.2. The Bertz CT molecular complexity index is 1570. The van der Waals surface area contributed by atoms with E-state index in [9.17, 15) is 9.90 Å². The molecular weight excluding hydrogens is 459 g/mol. The summed E-state index contributed by atoms with van der Waals surface area (Å²) in [6, 6.07) is 12.2. The Balaban J connectivity index is 1.81. The second kappa shape index (κ2) is 9.77. The van der Waals surface area contributed by atoms with E-state index >= 15 is 0 Å². The number of benzene rings is 4. The third kappa shape index (κ3) is 4.32. The van der Waals surface area contributed by atoms with E-state index in [1.807, 2.05) is 26.0 Å². The SMILES string of the molecule is [B]c1ccc2c3c4c(c(C)ccc4c4ccc(C(O)OCC(C)C)c1c24)C(C(=O)OCC(C)C)C(C)C=3. The molecule has 4 aromatic rings. The predicted octanol–water partition coefficient (Wildman–Crippen LogP) is 5.34. The van der Waals surface area contributed by atoms with Gasteiger partial charge in [-0.15, -0.1) is 0 Å². The lowest BCUT2D eigenvalue weighted by Gasteiger charge is -2.29. The summed E-state index contributed by atoms with van der Waals surface area (Å²) in [6.07, 6.45) is 1.14. The molecule has 0 spiro atoms. The van der Waals surface area contributed by atoms with Gasteiger partial charge in [0, 0.05) is 5.56 Å². The van der Waals surface area contributed by atoms with Crippen LogP contribution in [0.2, 0.25) is 0 Å². The van der Waals surface area contributed by atoms with Crippen LogP contribution < -0.4 is 10.7 Å². The maximum atomic E-state index is 13.4. The van der Waals surface area contributed by atoms with Crippen LogP contribution >= 0.6 is 0 Å². The summed E-state index contributed by atoms with van der Waals surface area (Å²) in [5.41, 5.74) is 3.43. The van der Waals surface area contributed by atoms with Crippen molar-refractivity contribution in [1.82, 2.24) is 0 Å². The fourth-order valence-electron chi connectivity index (χ4n) is 5.82. The van der Waals surface area contributed by atoms with E-state index in [4.69, 9.17) is 17.3 Å². The number of aliphatic hydroxyl groups is 1. The molecule has 0 aliphatic heterocycles. The maximum absolute atomic E-state index is 13.4. The van der Waals surface area contributed by atoms with Gasteiger partial charge in [-0.3, -0.25) is 4.79 Å². The van der Waals surface area contributed by atoms with Crippen LogP contribution in [-0.4, -0.2) is 32.1 Å². The van der Waals surface area contributed by atoms with Crippen molar-refractivity contribution in [1.29, 1.82) is 0 Å². The number of rotatable bonds is 7. The van der Waals surface area contributed by atoms with Gasteiger partial charge >= 0.3 is 5.97 Å². The molecule has 3 unspecified atom stereocenters. The van der Waals surface area contributed by atoms with E-state index in [-0.39, 0.29) is 23.7 Å². The summed E-state index contributed by atoms with van der Waals surface area (Å²) in [6.45, 7) is 13.2. The molecule has 5 heteroatoms. The Hall–Kier alpha value is -2.89. The summed E-state index contributed by atoms with van der Waals surface area (Å²) >= 11 is 0. The quantitative estimate of drug-likeness (QED) is 0.124. The minimum absolute atomic E-state index is 0.0339. The molecule has 1 N–H and O–H groups in total. The summed E-state index contributed by atoms with van der Waals surface area (Å²) in [4.78, 5) is 13.4. The first-order valence-corrected chi connectivity index (χ1v) is 13.3. The monoisotopic (exact) mass is 494 g/mol. The van der Waals surface area contributed by atoms with E-state index in [1.165, 1.54) is 0 Å². The van der Waals surface area contributed by atoms with Gasteiger partial charge in [-0.2, -0.15) is 0 Å². The first-order chi connectivity index (χ1) is 17.6. The number of ether oxygens (including phenoxy) is 2. The number of carbonyl (C=O) groups is 1. The molecule has 1 aliphatic carbocycles. The molecule has 4 nitrogen and oxygen atoms in total. The normalized spacial score (nSPS) is 18.2. The molecule has 0 amide bonds. The van der Waals surface area contributed by atoms with E-state index in [0.29, 0.717) is 30.2 Å². The molecule has 3 atom stereocenters. The van der Waals surface area contributed by atoms with E-state index < -0.39 is 6.29 Å². The highest BCUT2D eigenvalue weighted by Crippen LogP contribution is 2.42. The molecule has 190 valence electrons. The molecule has 0 heterocycles. The molecule has 37 heavy (non-hydrogen) atoms. The van der Waals surface area contributed by atoms with Gasteiger partial charge in [0.25, 0.3) is 0 Å². The van der Waals surface area contributed by atoms with Gasteiger partial charge in [-0.1, -0.05) is 82.6 Å². The highest BCUT2D eigenvalue weighted by molar-refractivity contribution is 6.42. The average molecular weight is 494 g/mol. The standard InChI is InChI=1S/C32H35BO4/c1-16(2)14-36-31(34)23-10-9-21-20-8-7-18(5)26-27(32(35)37-15-17(3)4)19(6)13-24(29(20)26)22-11-12-25(33)30(23)28(21)22/h7-13,16-17,19,27,31,34H,14-15H2,1-6H3. The van der Waals surface area contributed by atoms with Crippen molar-refractivity contribution in [3.8, 4) is 0 Å². The molecule has 0 aromatic heterocycles. The second-order valence-electron chi connectivity index (χ2n) is 11.4. The van der Waals surface area contributed by atoms with Crippen LogP contribution in [0, 0.1) is 24.7 Å². The van der Waals surface area contributed by atoms with Crippen LogP contribution in [0.5, 0.6) is 0 Å². The van der Waals surface area contributed by atoms with Crippen LogP contribution in [0.15, 0.2) is 36.4 Å². The molecule has 5 rings (SSSR count). The van der Waals surface area contributed by atoms with Gasteiger partial charge in [0.1, 0.15) is 7.85 Å². The maximum Gasteiger partial charge on any atom is 0.314 e. The largest absolute Gasteiger partial charge is 0.465 e. The van der Waals surface area contributed by atoms with Gasteiger partial charge < -0.3 is 14.6 Å². The zero-order valence-electron chi connectivity index (χ0n) is 22.6. The van der Waals surface area contributed by atoms with Gasteiger partial charge in [0.15, 0.2) is 6.29 Å². The van der Waals surface area contributed by atoms with Crippen molar-refractivity contribution in [2.45, 2.75) is 53.8 Å². The van der Waals surface area contributed by atoms with Gasteiger partial charge in [-0.05, 0) is 73.3 Å². The highest BCUT2D eigenvalue weighted by Gasteiger charge is 2.34. The topological polar surface area (TPSA) is 55.8 Å². The first kappa shape index (κ1) is 25.8. The zero-order chi connectivity index (χ0) is 26.6. The number of aliphatic hydroxyl groups excluding tert-OH is 1.